The number of thioether (sulfide) groups is 1. The van der Waals surface area contributed by atoms with Crippen molar-refractivity contribution in [2.75, 3.05) is 5.33 Å². The SMILES string of the molecule is O=CSC1C(NC(=O)CCC(NC(=O)OC2CCCC2)C(=O)OC(c2ccccc2)c2ccccc2)C(=O)N1C(C(=O)CBr)C(=O)OCc1ccccc1. The van der Waals surface area contributed by atoms with Crippen LogP contribution in [-0.4, -0.2) is 81.1 Å². The van der Waals surface area contributed by atoms with Gasteiger partial charge in [0.2, 0.25) is 11.8 Å². The second kappa shape index (κ2) is 19.9. The summed E-state index contributed by atoms with van der Waals surface area (Å²) in [5.41, 5.74) is 2.48. The molecule has 3 aromatic carbocycles. The van der Waals surface area contributed by atoms with Crippen LogP contribution in [0.5, 0.6) is 0 Å². The maximum atomic E-state index is 13.8. The fourth-order valence-electron chi connectivity index (χ4n) is 6.26. The molecular formula is C39H40BrN3O10S. The van der Waals surface area contributed by atoms with Crippen molar-refractivity contribution < 1.29 is 47.8 Å². The maximum Gasteiger partial charge on any atom is 0.408 e. The monoisotopic (exact) mass is 821 g/mol. The molecule has 1 saturated heterocycles. The molecule has 1 saturated carbocycles. The summed E-state index contributed by atoms with van der Waals surface area (Å²) in [6, 6.07) is 22.6. The minimum atomic E-state index is -1.66. The Bertz CT molecular complexity index is 1740. The van der Waals surface area contributed by atoms with E-state index in [0.717, 1.165) is 17.7 Å². The number of hydrogen-bond donors (Lipinski definition) is 2. The Morgan fingerprint density at radius 3 is 2.04 bits per heavy atom. The van der Waals surface area contributed by atoms with Gasteiger partial charge in [-0.3, -0.25) is 19.2 Å². The van der Waals surface area contributed by atoms with Gasteiger partial charge >= 0.3 is 18.0 Å². The number of benzene rings is 3. The molecule has 13 nitrogen and oxygen atoms in total. The van der Waals surface area contributed by atoms with E-state index in [9.17, 15) is 33.6 Å². The van der Waals surface area contributed by atoms with Crippen LogP contribution in [-0.2, 0) is 49.6 Å². The van der Waals surface area contributed by atoms with Crippen molar-refractivity contribution in [2.45, 2.75) is 80.8 Å². The number of carbonyl (C=O) groups excluding carboxylic acids is 7. The van der Waals surface area contributed by atoms with Gasteiger partial charge in [0.05, 0.1) is 5.33 Å². The first-order valence-electron chi connectivity index (χ1n) is 17.5. The van der Waals surface area contributed by atoms with Crippen LogP contribution < -0.4 is 10.6 Å². The number of esters is 2. The lowest BCUT2D eigenvalue weighted by Gasteiger charge is -2.48. The summed E-state index contributed by atoms with van der Waals surface area (Å²) in [4.78, 5) is 92.1. The highest BCUT2D eigenvalue weighted by molar-refractivity contribution is 9.09. The van der Waals surface area contributed by atoms with Crippen LogP contribution in [0.3, 0.4) is 0 Å². The second-order valence-corrected chi connectivity index (χ2v) is 14.2. The Morgan fingerprint density at radius 2 is 1.46 bits per heavy atom. The van der Waals surface area contributed by atoms with Crippen LogP contribution in [0.25, 0.3) is 0 Å². The van der Waals surface area contributed by atoms with Crippen molar-refractivity contribution in [1.29, 1.82) is 0 Å². The fraction of sp³-hybridized carbons (Fsp3) is 0.359. The lowest BCUT2D eigenvalue weighted by Crippen LogP contribution is -2.74. The van der Waals surface area contributed by atoms with Crippen molar-refractivity contribution >= 4 is 68.9 Å². The quantitative estimate of drug-likeness (QED) is 0.0451. The molecule has 284 valence electrons. The number of nitrogens with zero attached hydrogens (tertiary/aromatic N) is 1. The van der Waals surface area contributed by atoms with Gasteiger partial charge in [-0.1, -0.05) is 119 Å². The highest BCUT2D eigenvalue weighted by atomic mass is 79.9. The molecule has 4 unspecified atom stereocenters. The third-order valence-electron chi connectivity index (χ3n) is 9.00. The Balaban J connectivity index is 1.26. The van der Waals surface area contributed by atoms with E-state index in [1.807, 2.05) is 36.4 Å². The molecule has 1 aliphatic carbocycles. The van der Waals surface area contributed by atoms with Crippen LogP contribution in [0.4, 0.5) is 4.79 Å². The van der Waals surface area contributed by atoms with Gasteiger partial charge in [-0.2, -0.15) is 0 Å². The lowest BCUT2D eigenvalue weighted by atomic mass is 10.00. The van der Waals surface area contributed by atoms with Crippen LogP contribution in [0.1, 0.15) is 61.3 Å². The molecule has 0 aromatic heterocycles. The zero-order valence-electron chi connectivity index (χ0n) is 29.2. The maximum absolute atomic E-state index is 13.8. The number of rotatable bonds is 18. The number of ketones is 1. The minimum Gasteiger partial charge on any atom is -0.459 e. The standard InChI is InChI=1S/C39H40BrN3O10S/c40-22-30(45)33(38(49)51-23-25-12-4-1-5-13-25)43-35(47)32(36(43)54-24-44)42-31(46)21-20-29(41-39(50)52-28-18-10-11-19-28)37(48)53-34(26-14-6-2-7-15-26)27-16-8-3-9-17-27/h1-9,12-17,24,28-29,32-34,36H,10-11,18-23H2,(H,41,50)(H,42,46). The molecule has 54 heavy (non-hydrogen) atoms. The second-order valence-electron chi connectivity index (χ2n) is 12.7. The first kappa shape index (κ1) is 40.2. The molecule has 4 atom stereocenters. The fourth-order valence-corrected chi connectivity index (χ4v) is 7.38. The number of likely N-dealkylation sites (tertiary alicyclic amines) is 1. The summed E-state index contributed by atoms with van der Waals surface area (Å²) in [5.74, 6) is -3.94. The summed E-state index contributed by atoms with van der Waals surface area (Å²) in [6.07, 6.45) is 0.723. The van der Waals surface area contributed by atoms with Crippen molar-refractivity contribution in [3.05, 3.63) is 108 Å². The Labute approximate surface area is 325 Å². The molecule has 0 radical (unpaired) electrons. The molecule has 5 rings (SSSR count). The van der Waals surface area contributed by atoms with Gasteiger partial charge in [0, 0.05) is 6.42 Å². The summed E-state index contributed by atoms with van der Waals surface area (Å²) in [5, 5.41) is 3.75. The zero-order chi connectivity index (χ0) is 38.5. The number of hydrogen-bond acceptors (Lipinski definition) is 11. The first-order chi connectivity index (χ1) is 26.2. The number of Topliss-reactive ketones (excluding diaryl/α,β-unsaturated/α-hetero) is 1. The van der Waals surface area contributed by atoms with Crippen LogP contribution in [0.2, 0.25) is 0 Å². The Morgan fingerprint density at radius 1 is 0.870 bits per heavy atom. The summed E-state index contributed by atoms with van der Waals surface area (Å²) in [7, 11) is 0. The Hall–Kier alpha value is -5.02. The first-order valence-corrected chi connectivity index (χ1v) is 19.5. The van der Waals surface area contributed by atoms with E-state index in [1.165, 1.54) is 0 Å². The van der Waals surface area contributed by atoms with Crippen LogP contribution in [0, 0.1) is 0 Å². The molecule has 3 aromatic rings. The number of carbonyl (C=O) groups is 7. The Kier molecular flexibility index (Phi) is 14.8. The number of amides is 3. The van der Waals surface area contributed by atoms with Gasteiger partial charge in [0.1, 0.15) is 30.2 Å². The number of halogens is 1. The number of ether oxygens (including phenoxy) is 3. The third-order valence-corrected chi connectivity index (χ3v) is 10.4. The smallest absolute Gasteiger partial charge is 0.408 e. The van der Waals surface area contributed by atoms with Crippen LogP contribution >= 0.6 is 27.7 Å². The normalized spacial score (nSPS) is 17.8. The molecular weight excluding hydrogens is 782 g/mol. The highest BCUT2D eigenvalue weighted by Gasteiger charge is 2.55. The molecule has 2 N–H and O–H groups in total. The van der Waals surface area contributed by atoms with Gasteiger partial charge in [0.25, 0.3) is 0 Å². The number of alkyl carbamates (subject to hydrolysis) is 1. The van der Waals surface area contributed by atoms with Gasteiger partial charge in [-0.05, 0) is 48.8 Å². The van der Waals surface area contributed by atoms with E-state index in [0.29, 0.717) is 46.9 Å². The van der Waals surface area contributed by atoms with E-state index in [-0.39, 0.29) is 30.9 Å². The highest BCUT2D eigenvalue weighted by Crippen LogP contribution is 2.33. The number of β-lactam (4-membered cyclic amide) rings is 1. The average Bonchev–Trinajstić information content (AvgIpc) is 3.71. The van der Waals surface area contributed by atoms with Crippen LogP contribution in [0.15, 0.2) is 91.0 Å². The summed E-state index contributed by atoms with van der Waals surface area (Å²) in [6.45, 7) is -0.150. The number of nitrogens with one attached hydrogen (secondary N) is 2. The van der Waals surface area contributed by atoms with Crippen molar-refractivity contribution in [2.24, 2.45) is 0 Å². The molecule has 15 heteroatoms. The number of alkyl halides is 1. The largest absolute Gasteiger partial charge is 0.459 e. The predicted molar refractivity (Wildman–Crippen MR) is 201 cm³/mol. The van der Waals surface area contributed by atoms with Gasteiger partial charge in [-0.25, -0.2) is 14.4 Å². The molecule has 2 aliphatic rings. The lowest BCUT2D eigenvalue weighted by molar-refractivity contribution is -0.168. The van der Waals surface area contributed by atoms with E-state index >= 15 is 0 Å². The molecule has 2 fully saturated rings. The molecule has 0 spiro atoms. The summed E-state index contributed by atoms with van der Waals surface area (Å²) < 4.78 is 16.9. The molecule has 1 aliphatic heterocycles. The molecule has 3 amide bonds. The van der Waals surface area contributed by atoms with Gasteiger partial charge in [-0.15, -0.1) is 0 Å². The van der Waals surface area contributed by atoms with Gasteiger partial charge < -0.3 is 29.7 Å². The average molecular weight is 823 g/mol. The van der Waals surface area contributed by atoms with Crippen molar-refractivity contribution in [1.82, 2.24) is 15.5 Å². The van der Waals surface area contributed by atoms with E-state index in [2.05, 4.69) is 26.6 Å². The van der Waals surface area contributed by atoms with E-state index in [4.69, 9.17) is 14.2 Å². The summed E-state index contributed by atoms with van der Waals surface area (Å²) >= 11 is 3.66. The third kappa shape index (κ3) is 10.6. The molecule has 1 heterocycles. The van der Waals surface area contributed by atoms with E-state index < -0.39 is 65.2 Å². The predicted octanol–water partition coefficient (Wildman–Crippen LogP) is 4.79. The topological polar surface area (TPSA) is 174 Å². The van der Waals surface area contributed by atoms with Gasteiger partial charge in [0.15, 0.2) is 23.5 Å². The zero-order valence-corrected chi connectivity index (χ0v) is 31.6. The van der Waals surface area contributed by atoms with Crippen molar-refractivity contribution in [3.8, 4) is 0 Å². The van der Waals surface area contributed by atoms with E-state index in [1.54, 1.807) is 54.6 Å². The minimum absolute atomic E-state index is 0.150. The molecule has 0 bridgehead atoms. The van der Waals surface area contributed by atoms with Crippen molar-refractivity contribution in [3.63, 3.8) is 0 Å².